The van der Waals surface area contributed by atoms with Crippen LogP contribution >= 0.6 is 23.7 Å². The molecule has 2 rings (SSSR count). The number of ether oxygens (including phenoxy) is 1. The summed E-state index contributed by atoms with van der Waals surface area (Å²) in [4.78, 5) is 38.7. The first-order valence-corrected chi connectivity index (χ1v) is 10.7. The van der Waals surface area contributed by atoms with Gasteiger partial charge in [0, 0.05) is 22.4 Å². The largest absolute Gasteiger partial charge is 0.480 e. The van der Waals surface area contributed by atoms with Gasteiger partial charge in [0.2, 0.25) is 5.91 Å². The van der Waals surface area contributed by atoms with Crippen LogP contribution in [-0.2, 0) is 16.0 Å². The lowest BCUT2D eigenvalue weighted by molar-refractivity contribution is -0.148. The highest BCUT2D eigenvalue weighted by Gasteiger charge is 2.33. The fourth-order valence-electron chi connectivity index (χ4n) is 3.11. The summed E-state index contributed by atoms with van der Waals surface area (Å²) >= 11 is 1.12. The molecule has 0 unspecified atom stereocenters. The molecule has 2 aromatic rings. The standard InChI is InChI=1S/C22H26FN3O5S.ClH/c1-4-9-26(12-18(27)28)21(30)22(2,3)11-14-6-8-17(32-14)20(29)31-16-7-5-13(19(24)25)10-15(16)23;/h5-8,10H,4,9,11-12H2,1-3H3,(H3,24,25)(H,27,28);1H. The number of amides is 1. The molecule has 0 saturated heterocycles. The zero-order valence-corrected chi connectivity index (χ0v) is 20.1. The van der Waals surface area contributed by atoms with Crippen molar-refractivity contribution in [2.45, 2.75) is 33.6 Å². The van der Waals surface area contributed by atoms with E-state index in [1.807, 2.05) is 6.92 Å². The van der Waals surface area contributed by atoms with Crippen molar-refractivity contribution >= 4 is 47.4 Å². The van der Waals surface area contributed by atoms with Gasteiger partial charge in [-0.2, -0.15) is 0 Å². The summed E-state index contributed by atoms with van der Waals surface area (Å²) < 4.78 is 19.2. The fourth-order valence-corrected chi connectivity index (χ4v) is 4.22. The topological polar surface area (TPSA) is 134 Å². The van der Waals surface area contributed by atoms with Gasteiger partial charge in [-0.25, -0.2) is 9.18 Å². The van der Waals surface area contributed by atoms with E-state index in [0.717, 1.165) is 22.3 Å². The Labute approximate surface area is 201 Å². The molecule has 4 N–H and O–H groups in total. The molecule has 0 aliphatic heterocycles. The van der Waals surface area contributed by atoms with Gasteiger partial charge in [0.15, 0.2) is 11.6 Å². The maximum atomic E-state index is 14.1. The third-order valence-corrected chi connectivity index (χ3v) is 5.68. The van der Waals surface area contributed by atoms with Gasteiger partial charge in [0.05, 0.1) is 0 Å². The maximum absolute atomic E-state index is 14.1. The number of hydrogen-bond acceptors (Lipinski definition) is 6. The third kappa shape index (κ3) is 7.54. The van der Waals surface area contributed by atoms with Gasteiger partial charge in [-0.1, -0.05) is 20.8 Å². The zero-order chi connectivity index (χ0) is 24.1. The van der Waals surface area contributed by atoms with Crippen molar-refractivity contribution in [1.29, 1.82) is 5.41 Å². The molecular weight excluding hydrogens is 473 g/mol. The summed E-state index contributed by atoms with van der Waals surface area (Å²) in [5.41, 5.74) is 4.60. The van der Waals surface area contributed by atoms with E-state index in [2.05, 4.69) is 0 Å². The van der Waals surface area contributed by atoms with Gasteiger partial charge < -0.3 is 20.5 Å². The van der Waals surface area contributed by atoms with Crippen LogP contribution in [0.5, 0.6) is 5.75 Å². The normalized spacial score (nSPS) is 10.8. The number of benzene rings is 1. The van der Waals surface area contributed by atoms with Crippen molar-refractivity contribution in [3.05, 3.63) is 51.5 Å². The lowest BCUT2D eigenvalue weighted by atomic mass is 9.86. The Morgan fingerprint density at radius 1 is 1.24 bits per heavy atom. The van der Waals surface area contributed by atoms with Crippen LogP contribution in [0.15, 0.2) is 30.3 Å². The van der Waals surface area contributed by atoms with Crippen molar-refractivity contribution < 1.29 is 28.6 Å². The van der Waals surface area contributed by atoms with Crippen molar-refractivity contribution in [1.82, 2.24) is 4.90 Å². The molecule has 33 heavy (non-hydrogen) atoms. The lowest BCUT2D eigenvalue weighted by Crippen LogP contribution is -2.44. The number of amidine groups is 1. The molecule has 180 valence electrons. The van der Waals surface area contributed by atoms with Crippen LogP contribution in [0.3, 0.4) is 0 Å². The minimum atomic E-state index is -1.08. The molecule has 1 heterocycles. The van der Waals surface area contributed by atoms with Gasteiger partial charge in [-0.15, -0.1) is 23.7 Å². The fraction of sp³-hybridized carbons (Fsp3) is 0.364. The summed E-state index contributed by atoms with van der Waals surface area (Å²) in [5.74, 6) is -3.52. The Balaban J connectivity index is 0.00000544. The second kappa shape index (κ2) is 11.8. The second-order valence-electron chi connectivity index (χ2n) is 7.90. The highest BCUT2D eigenvalue weighted by atomic mass is 35.5. The molecule has 0 bridgehead atoms. The molecule has 1 amide bonds. The number of hydrogen-bond donors (Lipinski definition) is 3. The zero-order valence-electron chi connectivity index (χ0n) is 18.5. The first-order chi connectivity index (χ1) is 14.9. The van der Waals surface area contributed by atoms with Crippen molar-refractivity contribution in [3.63, 3.8) is 0 Å². The number of nitrogens with one attached hydrogen (secondary N) is 1. The molecule has 8 nitrogen and oxygen atoms in total. The van der Waals surface area contributed by atoms with Crippen LogP contribution in [0.25, 0.3) is 0 Å². The molecule has 1 aromatic heterocycles. The summed E-state index contributed by atoms with van der Waals surface area (Å²) in [6, 6.07) is 6.84. The molecule has 0 aliphatic carbocycles. The number of carboxylic acid groups (broad SMARTS) is 1. The number of rotatable bonds is 10. The van der Waals surface area contributed by atoms with Gasteiger partial charge in [-0.3, -0.25) is 15.0 Å². The van der Waals surface area contributed by atoms with Crippen molar-refractivity contribution in [2.75, 3.05) is 13.1 Å². The first-order valence-electron chi connectivity index (χ1n) is 9.90. The molecule has 0 aliphatic rings. The number of carbonyl (C=O) groups excluding carboxylic acids is 2. The van der Waals surface area contributed by atoms with E-state index in [1.165, 1.54) is 23.1 Å². The number of nitrogens with two attached hydrogens (primary N) is 1. The van der Waals surface area contributed by atoms with E-state index < -0.39 is 23.2 Å². The molecule has 0 spiro atoms. The van der Waals surface area contributed by atoms with Crippen LogP contribution in [0.4, 0.5) is 4.39 Å². The smallest absolute Gasteiger partial charge is 0.353 e. The van der Waals surface area contributed by atoms with Gasteiger partial charge >= 0.3 is 11.9 Å². The first kappa shape index (κ1) is 28.1. The van der Waals surface area contributed by atoms with Gasteiger partial charge in [-0.05, 0) is 43.2 Å². The van der Waals surface area contributed by atoms with Gasteiger partial charge in [0.1, 0.15) is 17.3 Å². The minimum absolute atomic E-state index is 0. The lowest BCUT2D eigenvalue weighted by Gasteiger charge is -2.30. The Bertz CT molecular complexity index is 1040. The number of aliphatic carboxylic acids is 1. The number of nitrogen functional groups attached to an aromatic ring is 1. The van der Waals surface area contributed by atoms with Crippen LogP contribution in [-0.4, -0.2) is 46.8 Å². The predicted octanol–water partition coefficient (Wildman–Crippen LogP) is 3.70. The van der Waals surface area contributed by atoms with E-state index in [9.17, 15) is 18.8 Å². The number of carbonyl (C=O) groups is 3. The van der Waals surface area contributed by atoms with Crippen LogP contribution in [0.2, 0.25) is 0 Å². The van der Waals surface area contributed by atoms with Crippen molar-refractivity contribution in [3.8, 4) is 5.75 Å². The number of esters is 1. The number of carboxylic acids is 1. The summed E-state index contributed by atoms with van der Waals surface area (Å²) in [6.07, 6.45) is 0.930. The molecule has 0 radical (unpaired) electrons. The predicted molar refractivity (Wildman–Crippen MR) is 126 cm³/mol. The van der Waals surface area contributed by atoms with Crippen molar-refractivity contribution in [2.24, 2.45) is 11.1 Å². The van der Waals surface area contributed by atoms with E-state index in [1.54, 1.807) is 19.9 Å². The Morgan fingerprint density at radius 2 is 1.91 bits per heavy atom. The van der Waals surface area contributed by atoms with Crippen LogP contribution in [0.1, 0.15) is 47.3 Å². The quantitative estimate of drug-likeness (QED) is 0.197. The highest BCUT2D eigenvalue weighted by molar-refractivity contribution is 7.14. The van der Waals surface area contributed by atoms with Crippen LogP contribution < -0.4 is 10.5 Å². The van der Waals surface area contributed by atoms with E-state index in [-0.39, 0.29) is 46.9 Å². The van der Waals surface area contributed by atoms with E-state index >= 15 is 0 Å². The second-order valence-corrected chi connectivity index (χ2v) is 9.06. The molecule has 0 saturated carbocycles. The monoisotopic (exact) mass is 499 g/mol. The molecule has 1 aromatic carbocycles. The SMILES string of the molecule is CCCN(CC(=O)O)C(=O)C(C)(C)Cc1ccc(C(=O)Oc2ccc(C(=N)N)cc2F)s1.Cl. The van der Waals surface area contributed by atoms with Crippen LogP contribution in [0, 0.1) is 16.6 Å². The summed E-state index contributed by atoms with van der Waals surface area (Å²) in [5, 5.41) is 16.4. The van der Waals surface area contributed by atoms with E-state index in [4.69, 9.17) is 21.0 Å². The third-order valence-electron chi connectivity index (χ3n) is 4.61. The van der Waals surface area contributed by atoms with Gasteiger partial charge in [0.25, 0.3) is 0 Å². The Morgan fingerprint density at radius 3 is 2.45 bits per heavy atom. The number of thiophene rings is 1. The molecule has 0 atom stereocenters. The minimum Gasteiger partial charge on any atom is -0.480 e. The summed E-state index contributed by atoms with van der Waals surface area (Å²) in [7, 11) is 0. The average molecular weight is 500 g/mol. The molecular formula is C22H27ClFN3O5S. The molecule has 11 heteroatoms. The number of nitrogens with zero attached hydrogens (tertiary/aromatic N) is 1. The maximum Gasteiger partial charge on any atom is 0.353 e. The summed E-state index contributed by atoms with van der Waals surface area (Å²) in [6.45, 7) is 5.28. The highest BCUT2D eigenvalue weighted by Crippen LogP contribution is 2.30. The number of halogens is 2. The Hall–Kier alpha value is -2.98. The molecule has 0 fully saturated rings. The Kier molecular flexibility index (Phi) is 10.00. The van der Waals surface area contributed by atoms with E-state index in [0.29, 0.717) is 19.4 Å². The average Bonchev–Trinajstić information content (AvgIpc) is 3.16.